The van der Waals surface area contributed by atoms with Crippen molar-refractivity contribution in [2.75, 3.05) is 0 Å². The van der Waals surface area contributed by atoms with Crippen molar-refractivity contribution < 1.29 is 14.6 Å². The van der Waals surface area contributed by atoms with Gasteiger partial charge in [-0.1, -0.05) is 0 Å². The first-order valence-electron chi connectivity index (χ1n) is 3.29. The third-order valence-electron chi connectivity index (χ3n) is 1.19. The van der Waals surface area contributed by atoms with Crippen LogP contribution in [0.2, 0.25) is 0 Å². The number of aliphatic imine (C=N–C) groups is 1. The summed E-state index contributed by atoms with van der Waals surface area (Å²) in [6.07, 6.45) is 0.971. The summed E-state index contributed by atoms with van der Waals surface area (Å²) in [6, 6.07) is -0.805. The van der Waals surface area contributed by atoms with Gasteiger partial charge in [-0.25, -0.2) is 0 Å². The third-order valence-corrected chi connectivity index (χ3v) is 1.19. The molecule has 0 heterocycles. The quantitative estimate of drug-likeness (QED) is 0.464. The van der Waals surface area contributed by atoms with Crippen LogP contribution in [0.5, 0.6) is 0 Å². The van der Waals surface area contributed by atoms with Gasteiger partial charge in [0.1, 0.15) is 0 Å². The Balaban J connectivity index is 4.22. The normalized spacial score (nSPS) is 13.4. The molecule has 0 fully saturated rings. The molecule has 4 nitrogen and oxygen atoms in total. The molecule has 0 amide bonds. The van der Waals surface area contributed by atoms with Crippen molar-refractivity contribution in [2.24, 2.45) is 10.9 Å². The summed E-state index contributed by atoms with van der Waals surface area (Å²) in [5, 5.41) is 8.54. The molecule has 1 atom stereocenters. The van der Waals surface area contributed by atoms with Crippen LogP contribution >= 0.6 is 0 Å². The number of hydrogen-bond acceptors (Lipinski definition) is 3. The fourth-order valence-corrected chi connectivity index (χ4v) is 0.649. The molecular formula is C6H10BNO3. The van der Waals surface area contributed by atoms with Gasteiger partial charge in [-0.15, -0.1) is 0 Å². The topological polar surface area (TPSA) is 66.7 Å². The van der Waals surface area contributed by atoms with E-state index in [1.807, 2.05) is 0 Å². The summed E-state index contributed by atoms with van der Waals surface area (Å²) in [5.41, 5.74) is 0. The van der Waals surface area contributed by atoms with E-state index in [2.05, 4.69) is 4.99 Å². The summed E-state index contributed by atoms with van der Waals surface area (Å²) in [6.45, 7) is 3.47. The Morgan fingerprint density at radius 1 is 1.64 bits per heavy atom. The van der Waals surface area contributed by atoms with Crippen molar-refractivity contribution in [3.8, 4) is 0 Å². The van der Waals surface area contributed by atoms with Gasteiger partial charge in [-0.3, -0.25) is 0 Å². The average Bonchev–Trinajstić information content (AvgIpc) is 1.87. The van der Waals surface area contributed by atoms with Crippen LogP contribution in [-0.2, 0) is 9.50 Å². The van der Waals surface area contributed by atoms with Crippen molar-refractivity contribution in [3.63, 3.8) is 0 Å². The zero-order valence-electron chi connectivity index (χ0n) is 6.52. The maximum absolute atomic E-state index is 10.4. The Labute approximate surface area is 65.6 Å². The third kappa shape index (κ3) is 3.65. The minimum atomic E-state index is -1.00. The zero-order valence-corrected chi connectivity index (χ0v) is 6.52. The molecule has 0 aromatic carbocycles. The van der Waals surface area contributed by atoms with Crippen LogP contribution < -0.4 is 0 Å². The molecule has 0 rings (SSSR count). The van der Waals surface area contributed by atoms with Gasteiger partial charge in [0.15, 0.2) is 0 Å². The SMILES string of the molecule is CC(C)[C@@H](N=CB=O)C(=O)O. The summed E-state index contributed by atoms with van der Waals surface area (Å²) < 4.78 is 9.81. The van der Waals surface area contributed by atoms with E-state index in [-0.39, 0.29) is 5.92 Å². The Kier molecular flexibility index (Phi) is 4.33. The molecule has 0 unspecified atom stereocenters. The predicted octanol–water partition coefficient (Wildman–Crippen LogP) is 0.174. The van der Waals surface area contributed by atoms with Gasteiger partial charge < -0.3 is 0 Å². The number of carbonyl (C=O) groups is 1. The van der Waals surface area contributed by atoms with Crippen LogP contribution in [0.4, 0.5) is 0 Å². The standard InChI is InChI=1S/C6H10BNO3/c1-4(2)5(6(9)10)8-3-7-11/h3-5H,1-2H3,(H,9,10)/t5-/m1/s1. The van der Waals surface area contributed by atoms with E-state index in [9.17, 15) is 9.50 Å². The van der Waals surface area contributed by atoms with E-state index in [4.69, 9.17) is 5.11 Å². The van der Waals surface area contributed by atoms with E-state index in [1.54, 1.807) is 13.8 Å². The van der Waals surface area contributed by atoms with Crippen molar-refractivity contribution in [2.45, 2.75) is 19.9 Å². The number of hydrogen-bond donors (Lipinski definition) is 1. The van der Waals surface area contributed by atoms with Crippen molar-refractivity contribution >= 4 is 19.2 Å². The molecule has 0 radical (unpaired) electrons. The van der Waals surface area contributed by atoms with E-state index in [0.29, 0.717) is 7.15 Å². The van der Waals surface area contributed by atoms with Crippen LogP contribution in [0, 0.1) is 5.92 Å². The first kappa shape index (κ1) is 10.0. The first-order chi connectivity index (χ1) is 5.09. The zero-order chi connectivity index (χ0) is 8.85. The fraction of sp³-hybridized carbons (Fsp3) is 0.667. The Morgan fingerprint density at radius 3 is 2.45 bits per heavy atom. The molecule has 0 aromatic rings. The molecule has 0 aliphatic rings. The molecule has 1 N–H and O–H groups in total. The van der Waals surface area contributed by atoms with Gasteiger partial charge in [-0.2, -0.15) is 0 Å². The summed E-state index contributed by atoms with van der Waals surface area (Å²) in [5.74, 6) is -1.10. The second kappa shape index (κ2) is 4.76. The van der Waals surface area contributed by atoms with Crippen molar-refractivity contribution in [3.05, 3.63) is 0 Å². The van der Waals surface area contributed by atoms with Crippen LogP contribution in [-0.4, -0.2) is 30.4 Å². The molecule has 0 aliphatic carbocycles. The Hall–Kier alpha value is -0.995. The van der Waals surface area contributed by atoms with Crippen molar-refractivity contribution in [1.82, 2.24) is 0 Å². The van der Waals surface area contributed by atoms with Crippen LogP contribution in [0.15, 0.2) is 4.99 Å². The molecule has 0 saturated carbocycles. The van der Waals surface area contributed by atoms with E-state index < -0.39 is 12.0 Å². The summed E-state index contributed by atoms with van der Waals surface area (Å²) >= 11 is 0. The molecule has 5 heteroatoms. The molecule has 0 saturated heterocycles. The molecule has 0 aromatic heterocycles. The minimum absolute atomic E-state index is 0.0938. The first-order valence-corrected chi connectivity index (χ1v) is 3.29. The number of aliphatic carboxylic acids is 1. The number of carboxylic acid groups (broad SMARTS) is 1. The monoisotopic (exact) mass is 155 g/mol. The summed E-state index contributed by atoms with van der Waals surface area (Å²) in [7, 11) is 0.471. The number of nitrogens with zero attached hydrogens (tertiary/aromatic N) is 1. The van der Waals surface area contributed by atoms with E-state index in [1.165, 1.54) is 0 Å². The van der Waals surface area contributed by atoms with Crippen LogP contribution in [0.25, 0.3) is 0 Å². The number of carboxylic acids is 1. The van der Waals surface area contributed by atoms with Gasteiger partial charge in [0.2, 0.25) is 0 Å². The second-order valence-electron chi connectivity index (χ2n) is 2.46. The number of rotatable bonds is 4. The predicted molar refractivity (Wildman–Crippen MR) is 41.2 cm³/mol. The average molecular weight is 155 g/mol. The van der Waals surface area contributed by atoms with Gasteiger partial charge in [-0.05, 0) is 0 Å². The van der Waals surface area contributed by atoms with E-state index >= 15 is 0 Å². The molecule has 11 heavy (non-hydrogen) atoms. The van der Waals surface area contributed by atoms with Gasteiger partial charge in [0.05, 0.1) is 0 Å². The fourth-order valence-electron chi connectivity index (χ4n) is 0.649. The van der Waals surface area contributed by atoms with E-state index in [0.717, 1.165) is 6.11 Å². The van der Waals surface area contributed by atoms with Gasteiger partial charge in [0, 0.05) is 0 Å². The van der Waals surface area contributed by atoms with Gasteiger partial charge in [0.25, 0.3) is 0 Å². The molecular weight excluding hydrogens is 145 g/mol. The Bertz CT molecular complexity index is 179. The molecule has 60 valence electrons. The van der Waals surface area contributed by atoms with Crippen LogP contribution in [0.3, 0.4) is 0 Å². The molecule has 0 aliphatic heterocycles. The molecule has 0 bridgehead atoms. The van der Waals surface area contributed by atoms with Crippen LogP contribution in [0.1, 0.15) is 13.8 Å². The maximum atomic E-state index is 10.4. The van der Waals surface area contributed by atoms with Gasteiger partial charge >= 0.3 is 64.6 Å². The molecule has 0 spiro atoms. The Morgan fingerprint density at radius 2 is 2.18 bits per heavy atom. The van der Waals surface area contributed by atoms with Crippen molar-refractivity contribution in [1.29, 1.82) is 0 Å². The summed E-state index contributed by atoms with van der Waals surface area (Å²) in [4.78, 5) is 14.0. The second-order valence-corrected chi connectivity index (χ2v) is 2.46.